The molecule has 0 unspecified atom stereocenters. The number of hydrogen-bond donors (Lipinski definition) is 0. The summed E-state index contributed by atoms with van der Waals surface area (Å²) in [6, 6.07) is 0. The molecule has 0 fully saturated rings. The normalized spacial score (nSPS) is 11.5. The van der Waals surface area contributed by atoms with Crippen LogP contribution in [0.3, 0.4) is 0 Å². The third-order valence-corrected chi connectivity index (χ3v) is 2.25. The highest BCUT2D eigenvalue weighted by Gasteiger charge is 2.16. The first kappa shape index (κ1) is 13.7. The summed E-state index contributed by atoms with van der Waals surface area (Å²) in [4.78, 5) is 15.8. The largest absolute Gasteiger partial charge is 0.460 e. The molecule has 0 aromatic carbocycles. The fourth-order valence-corrected chi connectivity index (χ4v) is 1.60. The number of carbonyl (C=O) groups excluding carboxylic acids is 1. The van der Waals surface area contributed by atoms with Crippen molar-refractivity contribution in [1.29, 1.82) is 0 Å². The first-order valence-corrected chi connectivity index (χ1v) is 6.14. The molecule has 1 rings (SSSR count). The molecular weight excluding hydrogens is 216 g/mol. The Kier molecular flexibility index (Phi) is 4.73. The molecule has 0 aliphatic rings. The highest BCUT2D eigenvalue weighted by Crippen LogP contribution is 2.09. The molecule has 0 N–H and O–H groups in total. The quantitative estimate of drug-likeness (QED) is 0.740. The SMILES string of the molecule is CCCc1nccn1CCC(=O)OC(C)(C)C. The topological polar surface area (TPSA) is 44.1 Å². The fourth-order valence-electron chi connectivity index (χ4n) is 1.60. The van der Waals surface area contributed by atoms with Gasteiger partial charge in [0.05, 0.1) is 6.42 Å². The second-order valence-corrected chi connectivity index (χ2v) is 5.12. The number of hydrogen-bond acceptors (Lipinski definition) is 3. The molecule has 0 aliphatic carbocycles. The van der Waals surface area contributed by atoms with Crippen molar-refractivity contribution in [1.82, 2.24) is 9.55 Å². The van der Waals surface area contributed by atoms with Crippen LogP contribution < -0.4 is 0 Å². The van der Waals surface area contributed by atoms with E-state index in [0.717, 1.165) is 18.7 Å². The van der Waals surface area contributed by atoms with Gasteiger partial charge in [-0.05, 0) is 27.2 Å². The maximum Gasteiger partial charge on any atom is 0.308 e. The van der Waals surface area contributed by atoms with Gasteiger partial charge in [-0.3, -0.25) is 4.79 Å². The number of nitrogens with zero attached hydrogens (tertiary/aromatic N) is 2. The Hall–Kier alpha value is -1.32. The molecule has 17 heavy (non-hydrogen) atoms. The molecule has 0 radical (unpaired) electrons. The third kappa shape index (κ3) is 5.02. The number of aryl methyl sites for hydroxylation is 2. The van der Waals surface area contributed by atoms with Gasteiger partial charge in [-0.15, -0.1) is 0 Å². The molecule has 0 amide bonds. The Balaban J connectivity index is 2.44. The molecular formula is C13H22N2O2. The molecule has 1 heterocycles. The molecule has 1 aromatic heterocycles. The molecule has 1 aromatic rings. The van der Waals surface area contributed by atoms with Crippen molar-refractivity contribution in [2.24, 2.45) is 0 Å². The highest BCUT2D eigenvalue weighted by atomic mass is 16.6. The molecule has 0 atom stereocenters. The van der Waals surface area contributed by atoms with E-state index in [9.17, 15) is 4.79 Å². The van der Waals surface area contributed by atoms with E-state index in [2.05, 4.69) is 11.9 Å². The Morgan fingerprint density at radius 1 is 1.47 bits per heavy atom. The van der Waals surface area contributed by atoms with Gasteiger partial charge < -0.3 is 9.30 Å². The number of carbonyl (C=O) groups is 1. The van der Waals surface area contributed by atoms with Crippen molar-refractivity contribution in [3.8, 4) is 0 Å². The predicted octanol–water partition coefficient (Wildman–Crippen LogP) is 2.57. The number of rotatable bonds is 5. The van der Waals surface area contributed by atoms with Gasteiger partial charge >= 0.3 is 5.97 Å². The lowest BCUT2D eigenvalue weighted by molar-refractivity contribution is -0.155. The minimum atomic E-state index is -0.404. The van der Waals surface area contributed by atoms with Gasteiger partial charge in [-0.1, -0.05) is 6.92 Å². The van der Waals surface area contributed by atoms with Crippen LogP contribution in [0.1, 0.15) is 46.4 Å². The van der Waals surface area contributed by atoms with Crippen LogP contribution in [0.25, 0.3) is 0 Å². The van der Waals surface area contributed by atoms with Gasteiger partial charge in [0.15, 0.2) is 0 Å². The van der Waals surface area contributed by atoms with Crippen molar-refractivity contribution in [3.05, 3.63) is 18.2 Å². The first-order chi connectivity index (χ1) is 7.92. The molecule has 96 valence electrons. The second-order valence-electron chi connectivity index (χ2n) is 5.12. The van der Waals surface area contributed by atoms with Crippen LogP contribution in [0, 0.1) is 0 Å². The standard InChI is InChI=1S/C13H22N2O2/c1-5-6-11-14-8-10-15(11)9-7-12(16)17-13(2,3)4/h8,10H,5-7,9H2,1-4H3. The summed E-state index contributed by atoms with van der Waals surface area (Å²) in [7, 11) is 0. The van der Waals surface area contributed by atoms with Gasteiger partial charge in [0.1, 0.15) is 11.4 Å². The Labute approximate surface area is 103 Å². The lowest BCUT2D eigenvalue weighted by Crippen LogP contribution is -2.24. The Morgan fingerprint density at radius 2 is 2.18 bits per heavy atom. The highest BCUT2D eigenvalue weighted by molar-refractivity contribution is 5.69. The minimum absolute atomic E-state index is 0.159. The first-order valence-electron chi connectivity index (χ1n) is 6.14. The van der Waals surface area contributed by atoms with Crippen LogP contribution >= 0.6 is 0 Å². The van der Waals surface area contributed by atoms with Crippen molar-refractivity contribution < 1.29 is 9.53 Å². The number of aromatic nitrogens is 2. The number of imidazole rings is 1. The Bertz CT molecular complexity index is 364. The molecule has 0 saturated carbocycles. The van der Waals surface area contributed by atoms with E-state index in [4.69, 9.17) is 4.74 Å². The second kappa shape index (κ2) is 5.84. The lowest BCUT2D eigenvalue weighted by atomic mass is 10.2. The average Bonchev–Trinajstić information content (AvgIpc) is 2.60. The van der Waals surface area contributed by atoms with Crippen molar-refractivity contribution in [3.63, 3.8) is 0 Å². The zero-order valence-corrected chi connectivity index (χ0v) is 11.2. The maximum absolute atomic E-state index is 11.6. The summed E-state index contributed by atoms with van der Waals surface area (Å²) in [5.41, 5.74) is -0.404. The van der Waals surface area contributed by atoms with Crippen LogP contribution in [0.5, 0.6) is 0 Å². The van der Waals surface area contributed by atoms with Crippen molar-refractivity contribution >= 4 is 5.97 Å². The summed E-state index contributed by atoms with van der Waals surface area (Å²) in [5, 5.41) is 0. The van der Waals surface area contributed by atoms with Gasteiger partial charge in [0, 0.05) is 25.4 Å². The average molecular weight is 238 g/mol. The third-order valence-electron chi connectivity index (χ3n) is 2.25. The van der Waals surface area contributed by atoms with Crippen molar-refractivity contribution in [2.75, 3.05) is 0 Å². The van der Waals surface area contributed by atoms with E-state index in [0.29, 0.717) is 13.0 Å². The van der Waals surface area contributed by atoms with E-state index in [1.807, 2.05) is 31.5 Å². The summed E-state index contributed by atoms with van der Waals surface area (Å²) >= 11 is 0. The van der Waals surface area contributed by atoms with E-state index in [1.54, 1.807) is 6.20 Å². The zero-order valence-electron chi connectivity index (χ0n) is 11.2. The zero-order chi connectivity index (χ0) is 12.9. The molecule has 0 bridgehead atoms. The minimum Gasteiger partial charge on any atom is -0.460 e. The molecule has 0 spiro atoms. The van der Waals surface area contributed by atoms with Gasteiger partial charge in [-0.2, -0.15) is 0 Å². The van der Waals surface area contributed by atoms with Crippen LogP contribution in [-0.2, 0) is 22.5 Å². The summed E-state index contributed by atoms with van der Waals surface area (Å²) in [6.07, 6.45) is 6.09. The van der Waals surface area contributed by atoms with Gasteiger partial charge in [0.2, 0.25) is 0 Å². The predicted molar refractivity (Wildman–Crippen MR) is 66.7 cm³/mol. The van der Waals surface area contributed by atoms with E-state index < -0.39 is 5.60 Å². The molecule has 0 saturated heterocycles. The van der Waals surface area contributed by atoms with Crippen LogP contribution in [-0.4, -0.2) is 21.1 Å². The van der Waals surface area contributed by atoms with Crippen LogP contribution in [0.2, 0.25) is 0 Å². The summed E-state index contributed by atoms with van der Waals surface area (Å²) in [5.74, 6) is 0.879. The van der Waals surface area contributed by atoms with E-state index in [-0.39, 0.29) is 5.97 Å². The van der Waals surface area contributed by atoms with Gasteiger partial charge in [0.25, 0.3) is 0 Å². The lowest BCUT2D eigenvalue weighted by Gasteiger charge is -2.19. The summed E-state index contributed by atoms with van der Waals surface area (Å²) in [6.45, 7) is 8.40. The Morgan fingerprint density at radius 3 is 2.76 bits per heavy atom. The number of esters is 1. The van der Waals surface area contributed by atoms with Crippen LogP contribution in [0.4, 0.5) is 0 Å². The smallest absolute Gasteiger partial charge is 0.308 e. The molecule has 4 heteroatoms. The molecule has 0 aliphatic heterocycles. The maximum atomic E-state index is 11.6. The molecule has 4 nitrogen and oxygen atoms in total. The fraction of sp³-hybridized carbons (Fsp3) is 0.692. The number of ether oxygens (including phenoxy) is 1. The van der Waals surface area contributed by atoms with E-state index >= 15 is 0 Å². The van der Waals surface area contributed by atoms with Crippen molar-refractivity contribution in [2.45, 2.75) is 59.1 Å². The summed E-state index contributed by atoms with van der Waals surface area (Å²) < 4.78 is 7.28. The van der Waals surface area contributed by atoms with E-state index in [1.165, 1.54) is 0 Å². The monoisotopic (exact) mass is 238 g/mol. The van der Waals surface area contributed by atoms with Crippen LogP contribution in [0.15, 0.2) is 12.4 Å². The van der Waals surface area contributed by atoms with Gasteiger partial charge in [-0.25, -0.2) is 4.98 Å².